The molecule has 1 aromatic heterocycles. The van der Waals surface area contributed by atoms with Crippen molar-refractivity contribution >= 4 is 23.6 Å². The Morgan fingerprint density at radius 2 is 2.44 bits per heavy atom. The minimum atomic E-state index is -0.894. The molecule has 0 aromatic carbocycles. The molecule has 0 spiro atoms. The van der Waals surface area contributed by atoms with Gasteiger partial charge in [-0.3, -0.25) is 9.59 Å². The third-order valence-corrected chi connectivity index (χ3v) is 3.93. The quantitative estimate of drug-likeness (QED) is 0.882. The van der Waals surface area contributed by atoms with E-state index in [4.69, 9.17) is 9.63 Å². The van der Waals surface area contributed by atoms with Crippen LogP contribution in [0.2, 0.25) is 0 Å². The van der Waals surface area contributed by atoms with Crippen LogP contribution in [-0.4, -0.2) is 51.1 Å². The van der Waals surface area contributed by atoms with Gasteiger partial charge < -0.3 is 14.5 Å². The Morgan fingerprint density at radius 1 is 1.67 bits per heavy atom. The highest BCUT2D eigenvalue weighted by Crippen LogP contribution is 2.22. The first-order valence-corrected chi connectivity index (χ1v) is 6.77. The lowest BCUT2D eigenvalue weighted by Gasteiger charge is -2.33. The van der Waals surface area contributed by atoms with E-state index in [2.05, 4.69) is 5.16 Å². The van der Waals surface area contributed by atoms with Gasteiger partial charge in [0.05, 0.1) is 18.7 Å². The lowest BCUT2D eigenvalue weighted by Crippen LogP contribution is -2.47. The first kappa shape index (κ1) is 12.9. The molecular formula is C11H14N2O4S. The van der Waals surface area contributed by atoms with Crippen LogP contribution >= 0.6 is 11.8 Å². The average molecular weight is 270 g/mol. The summed E-state index contributed by atoms with van der Waals surface area (Å²) in [6, 6.07) is -0.279. The number of aryl methyl sites for hydroxylation is 1. The minimum Gasteiger partial charge on any atom is -0.481 e. The molecule has 6 nitrogen and oxygen atoms in total. The van der Waals surface area contributed by atoms with Gasteiger partial charge in [0.2, 0.25) is 5.76 Å². The molecule has 0 bridgehead atoms. The molecule has 0 aliphatic carbocycles. The summed E-state index contributed by atoms with van der Waals surface area (Å²) in [6.07, 6.45) is 1.45. The number of hydrogen-bond donors (Lipinski definition) is 1. The maximum absolute atomic E-state index is 12.3. The van der Waals surface area contributed by atoms with Gasteiger partial charge >= 0.3 is 5.97 Å². The van der Waals surface area contributed by atoms with Crippen molar-refractivity contribution in [3.63, 3.8) is 0 Å². The molecule has 0 radical (unpaired) electrons. The van der Waals surface area contributed by atoms with Gasteiger partial charge in [-0.2, -0.15) is 11.8 Å². The maximum atomic E-state index is 12.3. The molecule has 1 atom stereocenters. The molecular weight excluding hydrogens is 256 g/mol. The molecule has 7 heteroatoms. The van der Waals surface area contributed by atoms with E-state index < -0.39 is 5.97 Å². The van der Waals surface area contributed by atoms with Crippen LogP contribution in [0.4, 0.5) is 0 Å². The summed E-state index contributed by atoms with van der Waals surface area (Å²) in [4.78, 5) is 24.7. The summed E-state index contributed by atoms with van der Waals surface area (Å²) in [5.41, 5.74) is 0.673. The third-order valence-electron chi connectivity index (χ3n) is 2.84. The summed E-state index contributed by atoms with van der Waals surface area (Å²) < 4.78 is 4.94. The van der Waals surface area contributed by atoms with E-state index in [-0.39, 0.29) is 24.1 Å². The normalized spacial score (nSPS) is 19.8. The van der Waals surface area contributed by atoms with Gasteiger partial charge in [0.1, 0.15) is 0 Å². The second-order valence-electron chi connectivity index (χ2n) is 4.16. The number of nitrogens with zero attached hydrogens (tertiary/aromatic N) is 2. The molecule has 2 heterocycles. The van der Waals surface area contributed by atoms with Crippen molar-refractivity contribution in [2.45, 2.75) is 19.4 Å². The highest BCUT2D eigenvalue weighted by atomic mass is 32.2. The Labute approximate surface area is 108 Å². The molecule has 1 aliphatic heterocycles. The van der Waals surface area contributed by atoms with Crippen molar-refractivity contribution < 1.29 is 19.2 Å². The van der Waals surface area contributed by atoms with E-state index in [1.165, 1.54) is 6.20 Å². The molecule has 1 aliphatic rings. The number of carbonyl (C=O) groups excluding carboxylic acids is 1. The first-order chi connectivity index (χ1) is 8.59. The number of carboxylic acids is 1. The summed E-state index contributed by atoms with van der Waals surface area (Å²) in [5.74, 6) is 0.503. The molecule has 1 N–H and O–H groups in total. The van der Waals surface area contributed by atoms with Gasteiger partial charge in [-0.15, -0.1) is 0 Å². The number of carbonyl (C=O) groups is 2. The summed E-state index contributed by atoms with van der Waals surface area (Å²) in [5, 5.41) is 12.4. The second kappa shape index (κ2) is 5.43. The Balaban J connectivity index is 2.16. The summed E-state index contributed by atoms with van der Waals surface area (Å²) in [7, 11) is 0. The summed E-state index contributed by atoms with van der Waals surface area (Å²) >= 11 is 1.66. The Kier molecular flexibility index (Phi) is 3.90. The Morgan fingerprint density at radius 3 is 3.06 bits per heavy atom. The Bertz CT molecular complexity index is 460. The lowest BCUT2D eigenvalue weighted by molar-refractivity contribution is -0.138. The minimum absolute atomic E-state index is 0.0358. The standard InChI is InChI=1S/C11H14N2O4S/c1-7-5-12-17-10(7)11(16)13-2-3-18-6-8(13)4-9(14)15/h5,8H,2-4,6H2,1H3,(H,14,15). The smallest absolute Gasteiger partial charge is 0.305 e. The number of amides is 1. The van der Waals surface area contributed by atoms with Crippen LogP contribution in [-0.2, 0) is 4.79 Å². The van der Waals surface area contributed by atoms with Crippen LogP contribution in [0, 0.1) is 6.92 Å². The number of thioether (sulfide) groups is 1. The van der Waals surface area contributed by atoms with E-state index >= 15 is 0 Å². The molecule has 0 saturated carbocycles. The fourth-order valence-electron chi connectivity index (χ4n) is 1.92. The van der Waals surface area contributed by atoms with Crippen molar-refractivity contribution in [1.82, 2.24) is 10.1 Å². The number of aliphatic carboxylic acids is 1. The van der Waals surface area contributed by atoms with Crippen molar-refractivity contribution in [3.05, 3.63) is 17.5 Å². The monoisotopic (exact) mass is 270 g/mol. The van der Waals surface area contributed by atoms with E-state index in [0.29, 0.717) is 17.9 Å². The zero-order valence-electron chi connectivity index (χ0n) is 9.96. The van der Waals surface area contributed by atoms with E-state index in [9.17, 15) is 9.59 Å². The fourth-order valence-corrected chi connectivity index (χ4v) is 2.98. The fraction of sp³-hybridized carbons (Fsp3) is 0.545. The molecule has 1 fully saturated rings. The van der Waals surface area contributed by atoms with E-state index in [1.54, 1.807) is 23.6 Å². The maximum Gasteiger partial charge on any atom is 0.305 e. The van der Waals surface area contributed by atoms with Gasteiger partial charge in [0, 0.05) is 23.6 Å². The van der Waals surface area contributed by atoms with Crippen LogP contribution in [0.1, 0.15) is 22.5 Å². The third kappa shape index (κ3) is 2.66. The zero-order valence-corrected chi connectivity index (χ0v) is 10.8. The number of rotatable bonds is 3. The topological polar surface area (TPSA) is 83.6 Å². The van der Waals surface area contributed by atoms with Crippen LogP contribution in [0.25, 0.3) is 0 Å². The number of hydrogen-bond acceptors (Lipinski definition) is 5. The zero-order chi connectivity index (χ0) is 13.1. The first-order valence-electron chi connectivity index (χ1n) is 5.61. The van der Waals surface area contributed by atoms with Gasteiger partial charge in [-0.05, 0) is 6.92 Å². The molecule has 1 unspecified atom stereocenters. The van der Waals surface area contributed by atoms with E-state index in [1.807, 2.05) is 0 Å². The van der Waals surface area contributed by atoms with Crippen LogP contribution in [0.5, 0.6) is 0 Å². The highest BCUT2D eigenvalue weighted by molar-refractivity contribution is 7.99. The van der Waals surface area contributed by atoms with Gasteiger partial charge in [-0.25, -0.2) is 0 Å². The highest BCUT2D eigenvalue weighted by Gasteiger charge is 2.31. The number of aromatic nitrogens is 1. The SMILES string of the molecule is Cc1cnoc1C(=O)N1CCSCC1CC(=O)O. The molecule has 1 saturated heterocycles. The summed E-state index contributed by atoms with van der Waals surface area (Å²) in [6.45, 7) is 2.29. The number of carboxylic acid groups (broad SMARTS) is 1. The van der Waals surface area contributed by atoms with Gasteiger partial charge in [0.25, 0.3) is 5.91 Å². The van der Waals surface area contributed by atoms with Crippen LogP contribution < -0.4 is 0 Å². The molecule has 1 aromatic rings. The molecule has 1 amide bonds. The van der Waals surface area contributed by atoms with Crippen molar-refractivity contribution in [3.8, 4) is 0 Å². The van der Waals surface area contributed by atoms with Gasteiger partial charge in [-0.1, -0.05) is 5.16 Å². The van der Waals surface area contributed by atoms with E-state index in [0.717, 1.165) is 5.75 Å². The predicted octanol–water partition coefficient (Wildman–Crippen LogP) is 1.02. The van der Waals surface area contributed by atoms with Crippen LogP contribution in [0.3, 0.4) is 0 Å². The predicted molar refractivity (Wildman–Crippen MR) is 65.6 cm³/mol. The second-order valence-corrected chi connectivity index (χ2v) is 5.31. The Hall–Kier alpha value is -1.50. The van der Waals surface area contributed by atoms with Crippen molar-refractivity contribution in [2.24, 2.45) is 0 Å². The van der Waals surface area contributed by atoms with Crippen LogP contribution in [0.15, 0.2) is 10.7 Å². The van der Waals surface area contributed by atoms with Crippen molar-refractivity contribution in [2.75, 3.05) is 18.1 Å². The average Bonchev–Trinajstić information content (AvgIpc) is 2.74. The molecule has 18 heavy (non-hydrogen) atoms. The van der Waals surface area contributed by atoms with Crippen molar-refractivity contribution in [1.29, 1.82) is 0 Å². The van der Waals surface area contributed by atoms with Gasteiger partial charge in [0.15, 0.2) is 0 Å². The molecule has 98 valence electrons. The largest absolute Gasteiger partial charge is 0.481 e. The molecule has 2 rings (SSSR count). The lowest BCUT2D eigenvalue weighted by atomic mass is 10.1.